The largest absolute Gasteiger partial charge is 0.378 e. The van der Waals surface area contributed by atoms with Crippen molar-refractivity contribution in [2.24, 2.45) is 7.05 Å². The molecule has 1 amide bonds. The first kappa shape index (κ1) is 20.2. The number of para-hydroxylation sites is 1. The lowest BCUT2D eigenvalue weighted by Crippen LogP contribution is -2.40. The number of fused-ring (bicyclic) bond motifs is 2. The van der Waals surface area contributed by atoms with E-state index in [1.807, 2.05) is 11.0 Å². The Morgan fingerprint density at radius 1 is 1.13 bits per heavy atom. The zero-order valence-electron chi connectivity index (χ0n) is 18.2. The molecule has 0 unspecified atom stereocenters. The second-order valence-electron chi connectivity index (χ2n) is 9.04. The molecule has 1 spiro atoms. The van der Waals surface area contributed by atoms with Crippen LogP contribution in [0.15, 0.2) is 35.1 Å². The van der Waals surface area contributed by atoms with Crippen molar-refractivity contribution in [2.75, 3.05) is 42.6 Å². The van der Waals surface area contributed by atoms with E-state index in [1.54, 1.807) is 13.1 Å². The van der Waals surface area contributed by atoms with Gasteiger partial charge in [0.1, 0.15) is 11.6 Å². The Morgan fingerprint density at radius 3 is 2.65 bits per heavy atom. The summed E-state index contributed by atoms with van der Waals surface area (Å²) >= 11 is 0. The van der Waals surface area contributed by atoms with E-state index in [0.717, 1.165) is 25.1 Å². The van der Waals surface area contributed by atoms with Crippen LogP contribution in [0.5, 0.6) is 0 Å². The Labute approximate surface area is 182 Å². The molecule has 3 aliphatic rings. The second-order valence-corrected chi connectivity index (χ2v) is 9.04. The summed E-state index contributed by atoms with van der Waals surface area (Å²) < 4.78 is 6.91. The van der Waals surface area contributed by atoms with Crippen molar-refractivity contribution < 1.29 is 9.53 Å². The Bertz CT molecular complexity index is 1040. The van der Waals surface area contributed by atoms with Gasteiger partial charge in [0.2, 0.25) is 5.91 Å². The van der Waals surface area contributed by atoms with Gasteiger partial charge in [-0.1, -0.05) is 37.5 Å². The highest BCUT2D eigenvalue weighted by molar-refractivity contribution is 5.97. The first-order valence-corrected chi connectivity index (χ1v) is 11.4. The molecule has 2 aliphatic heterocycles. The minimum absolute atomic E-state index is 0.0107. The topological polar surface area (TPSA) is 67.7 Å². The van der Waals surface area contributed by atoms with Crippen molar-refractivity contribution in [3.63, 3.8) is 0 Å². The van der Waals surface area contributed by atoms with Crippen LogP contribution in [-0.4, -0.2) is 48.3 Å². The number of rotatable bonds is 3. The molecule has 1 saturated carbocycles. The Kier molecular flexibility index (Phi) is 5.30. The molecule has 5 rings (SSSR count). The number of hydrogen-bond donors (Lipinski definition) is 0. The van der Waals surface area contributed by atoms with Crippen LogP contribution in [-0.2, 0) is 28.4 Å². The van der Waals surface area contributed by atoms with Gasteiger partial charge in [-0.3, -0.25) is 14.2 Å². The number of ether oxygens (including phenoxy) is 1. The van der Waals surface area contributed by atoms with Crippen molar-refractivity contribution in [1.29, 1.82) is 0 Å². The van der Waals surface area contributed by atoms with Crippen molar-refractivity contribution in [1.82, 2.24) is 9.55 Å². The number of amides is 1. The van der Waals surface area contributed by atoms with Gasteiger partial charge in [-0.2, -0.15) is 0 Å². The summed E-state index contributed by atoms with van der Waals surface area (Å²) in [5, 5.41) is 0. The lowest BCUT2D eigenvalue weighted by molar-refractivity contribution is -0.118. The van der Waals surface area contributed by atoms with Gasteiger partial charge in [0.05, 0.1) is 19.6 Å². The van der Waals surface area contributed by atoms with Crippen LogP contribution in [0, 0.1) is 0 Å². The van der Waals surface area contributed by atoms with Gasteiger partial charge >= 0.3 is 0 Å². The predicted molar refractivity (Wildman–Crippen MR) is 120 cm³/mol. The molecule has 1 aliphatic carbocycles. The zero-order chi connectivity index (χ0) is 21.4. The fourth-order valence-corrected chi connectivity index (χ4v) is 5.43. The van der Waals surface area contributed by atoms with Gasteiger partial charge in [0.15, 0.2) is 0 Å². The highest BCUT2D eigenvalue weighted by Gasteiger charge is 2.44. The van der Waals surface area contributed by atoms with Gasteiger partial charge in [-0.05, 0) is 24.5 Å². The van der Waals surface area contributed by atoms with Gasteiger partial charge in [-0.15, -0.1) is 0 Å². The minimum Gasteiger partial charge on any atom is -0.378 e. The molecule has 0 radical (unpaired) electrons. The number of hydrogen-bond acceptors (Lipinski definition) is 5. The molecule has 7 nitrogen and oxygen atoms in total. The van der Waals surface area contributed by atoms with Gasteiger partial charge in [-0.25, -0.2) is 4.98 Å². The zero-order valence-corrected chi connectivity index (χ0v) is 18.2. The second kappa shape index (κ2) is 8.11. The Morgan fingerprint density at radius 2 is 1.87 bits per heavy atom. The van der Waals surface area contributed by atoms with Crippen molar-refractivity contribution in [3.05, 3.63) is 52.1 Å². The average molecular weight is 423 g/mol. The Hall–Kier alpha value is -2.67. The highest BCUT2D eigenvalue weighted by Crippen LogP contribution is 2.49. The third-order valence-corrected chi connectivity index (χ3v) is 7.20. The maximum Gasteiger partial charge on any atom is 0.255 e. The Balaban J connectivity index is 1.43. The fraction of sp³-hybridized carbons (Fsp3) is 0.542. The third-order valence-electron chi connectivity index (χ3n) is 7.20. The summed E-state index contributed by atoms with van der Waals surface area (Å²) in [6.07, 6.45) is 6.10. The maximum absolute atomic E-state index is 13.5. The van der Waals surface area contributed by atoms with Crippen molar-refractivity contribution in [2.45, 2.75) is 43.9 Å². The molecule has 31 heavy (non-hydrogen) atoms. The minimum atomic E-state index is -0.134. The molecule has 0 N–H and O–H groups in total. The first-order chi connectivity index (χ1) is 15.1. The van der Waals surface area contributed by atoms with E-state index in [1.165, 1.54) is 29.4 Å². The van der Waals surface area contributed by atoms with Crippen molar-refractivity contribution in [3.8, 4) is 0 Å². The van der Waals surface area contributed by atoms with E-state index in [2.05, 4.69) is 23.1 Å². The SMILES string of the molecule is Cn1c(CC(=O)N2CC3(CCCCC3)c3ccccc32)nc(N2CCOCC2)cc1=O. The average Bonchev–Trinajstić information content (AvgIpc) is 3.12. The number of anilines is 2. The van der Waals surface area contributed by atoms with Gasteiger partial charge < -0.3 is 14.5 Å². The van der Waals surface area contributed by atoms with E-state index in [0.29, 0.717) is 37.9 Å². The number of morpholine rings is 1. The summed E-state index contributed by atoms with van der Waals surface area (Å²) in [5.41, 5.74) is 2.29. The highest BCUT2D eigenvalue weighted by atomic mass is 16.5. The summed E-state index contributed by atoms with van der Waals surface area (Å²) in [4.78, 5) is 34.8. The molecule has 0 atom stereocenters. The maximum atomic E-state index is 13.5. The molecule has 164 valence electrons. The predicted octanol–water partition coefficient (Wildman–Crippen LogP) is 2.41. The van der Waals surface area contributed by atoms with Crippen LogP contribution in [0.25, 0.3) is 0 Å². The van der Waals surface area contributed by atoms with E-state index < -0.39 is 0 Å². The van der Waals surface area contributed by atoms with Crippen LogP contribution in [0.3, 0.4) is 0 Å². The number of carbonyl (C=O) groups is 1. The van der Waals surface area contributed by atoms with Crippen LogP contribution < -0.4 is 15.4 Å². The molecule has 1 aromatic heterocycles. The molecule has 3 heterocycles. The fourth-order valence-electron chi connectivity index (χ4n) is 5.43. The lowest BCUT2D eigenvalue weighted by atomic mass is 9.71. The molecular formula is C24H30N4O3. The molecule has 1 saturated heterocycles. The van der Waals surface area contributed by atoms with Crippen molar-refractivity contribution >= 4 is 17.4 Å². The molecule has 1 aromatic carbocycles. The van der Waals surface area contributed by atoms with E-state index >= 15 is 0 Å². The number of benzene rings is 1. The summed E-state index contributed by atoms with van der Waals surface area (Å²) in [5.74, 6) is 1.16. The lowest BCUT2D eigenvalue weighted by Gasteiger charge is -2.34. The van der Waals surface area contributed by atoms with Crippen LogP contribution >= 0.6 is 0 Å². The van der Waals surface area contributed by atoms with E-state index in [9.17, 15) is 9.59 Å². The number of nitrogens with zero attached hydrogens (tertiary/aromatic N) is 4. The van der Waals surface area contributed by atoms with Gasteiger partial charge in [0, 0.05) is 43.9 Å². The van der Waals surface area contributed by atoms with Crippen LogP contribution in [0.2, 0.25) is 0 Å². The normalized spacial score (nSPS) is 20.2. The molecule has 7 heteroatoms. The van der Waals surface area contributed by atoms with E-state index in [4.69, 9.17) is 9.72 Å². The summed E-state index contributed by atoms with van der Waals surface area (Å²) in [7, 11) is 1.70. The number of carbonyl (C=O) groups excluding carboxylic acids is 1. The molecular weight excluding hydrogens is 392 g/mol. The van der Waals surface area contributed by atoms with Crippen LogP contribution in [0.4, 0.5) is 11.5 Å². The first-order valence-electron chi connectivity index (χ1n) is 11.4. The van der Waals surface area contributed by atoms with Gasteiger partial charge in [0.25, 0.3) is 5.56 Å². The standard InChI is InChI=1S/C24H30N4O3/c1-26-20(25-21(16-22(26)29)27-11-13-31-14-12-27)15-23(30)28-17-24(9-5-2-6-10-24)18-7-3-4-8-19(18)28/h3-4,7-8,16H,2,5-6,9-15,17H2,1H3. The molecule has 2 fully saturated rings. The third kappa shape index (κ3) is 3.65. The smallest absolute Gasteiger partial charge is 0.255 e. The molecule has 2 aromatic rings. The monoisotopic (exact) mass is 422 g/mol. The van der Waals surface area contributed by atoms with E-state index in [-0.39, 0.29) is 23.3 Å². The number of aromatic nitrogens is 2. The summed E-state index contributed by atoms with van der Waals surface area (Å²) in [6, 6.07) is 9.91. The quantitative estimate of drug-likeness (QED) is 0.760. The molecule has 0 bridgehead atoms. The summed E-state index contributed by atoms with van der Waals surface area (Å²) in [6.45, 7) is 3.39. The van der Waals surface area contributed by atoms with Crippen LogP contribution in [0.1, 0.15) is 43.5 Å².